The Kier molecular flexibility index (Phi) is 5.11. The lowest BCUT2D eigenvalue weighted by molar-refractivity contribution is -0.127. The molecule has 0 fully saturated rings. The number of hydrogen-bond acceptors (Lipinski definition) is 3. The molecule has 1 aliphatic rings. The molecular weight excluding hydrogens is 363 g/mol. The summed E-state index contributed by atoms with van der Waals surface area (Å²) in [4.78, 5) is 36.0. The van der Waals surface area contributed by atoms with E-state index in [0.29, 0.717) is 5.56 Å². The molecule has 6 nitrogen and oxygen atoms in total. The zero-order valence-electron chi connectivity index (χ0n) is 13.8. The van der Waals surface area contributed by atoms with Crippen LogP contribution in [0.15, 0.2) is 36.4 Å². The highest BCUT2D eigenvalue weighted by atomic mass is 19.2. The van der Waals surface area contributed by atoms with E-state index in [4.69, 9.17) is 0 Å². The van der Waals surface area contributed by atoms with Crippen LogP contribution in [-0.2, 0) is 14.4 Å². The van der Waals surface area contributed by atoms with Crippen LogP contribution in [-0.4, -0.2) is 24.3 Å². The van der Waals surface area contributed by atoms with Crippen LogP contribution in [0.2, 0.25) is 0 Å². The van der Waals surface area contributed by atoms with Crippen molar-refractivity contribution in [2.45, 2.75) is 12.3 Å². The van der Waals surface area contributed by atoms with Gasteiger partial charge in [0.25, 0.3) is 0 Å². The van der Waals surface area contributed by atoms with Gasteiger partial charge in [-0.2, -0.15) is 0 Å². The molecule has 3 N–H and O–H groups in total. The Labute approximate surface area is 151 Å². The Morgan fingerprint density at radius 3 is 2.59 bits per heavy atom. The molecule has 0 radical (unpaired) electrons. The largest absolute Gasteiger partial charge is 0.346 e. The molecule has 0 spiro atoms. The van der Waals surface area contributed by atoms with E-state index in [0.717, 1.165) is 18.2 Å². The van der Waals surface area contributed by atoms with Crippen molar-refractivity contribution in [3.8, 4) is 0 Å². The second-order valence-electron chi connectivity index (χ2n) is 5.93. The Balaban J connectivity index is 1.63. The predicted molar refractivity (Wildman–Crippen MR) is 90.4 cm³/mol. The number of halogens is 3. The van der Waals surface area contributed by atoms with Crippen molar-refractivity contribution >= 4 is 29.1 Å². The average molecular weight is 377 g/mol. The maximum atomic E-state index is 13.3. The molecular formula is C18H14F3N3O3. The molecule has 1 heterocycles. The number of carbonyl (C=O) groups is 3. The fourth-order valence-corrected chi connectivity index (χ4v) is 2.74. The van der Waals surface area contributed by atoms with Crippen LogP contribution in [0.5, 0.6) is 0 Å². The summed E-state index contributed by atoms with van der Waals surface area (Å²) < 4.78 is 39.3. The second kappa shape index (κ2) is 7.48. The summed E-state index contributed by atoms with van der Waals surface area (Å²) in [5.74, 6) is -5.28. The smallest absolute Gasteiger partial charge is 0.243 e. The van der Waals surface area contributed by atoms with Crippen LogP contribution >= 0.6 is 0 Å². The minimum atomic E-state index is -1.12. The summed E-state index contributed by atoms with van der Waals surface area (Å²) in [6.07, 6.45) is -0.144. The van der Waals surface area contributed by atoms with Gasteiger partial charge in [-0.1, -0.05) is 6.07 Å². The van der Waals surface area contributed by atoms with Crippen molar-refractivity contribution < 1.29 is 27.6 Å². The molecule has 0 aliphatic carbocycles. The van der Waals surface area contributed by atoms with Gasteiger partial charge in [0.2, 0.25) is 17.7 Å². The second-order valence-corrected chi connectivity index (χ2v) is 5.93. The summed E-state index contributed by atoms with van der Waals surface area (Å²) in [6, 6.07) is 6.53. The molecule has 1 atom stereocenters. The number of anilines is 2. The molecule has 0 aromatic heterocycles. The molecule has 3 rings (SSSR count). The Morgan fingerprint density at radius 1 is 1.07 bits per heavy atom. The van der Waals surface area contributed by atoms with Gasteiger partial charge >= 0.3 is 0 Å². The van der Waals surface area contributed by atoms with Crippen molar-refractivity contribution in [3.05, 3.63) is 59.4 Å². The molecule has 2 aromatic rings. The molecule has 3 amide bonds. The van der Waals surface area contributed by atoms with Gasteiger partial charge in [0.15, 0.2) is 11.6 Å². The van der Waals surface area contributed by atoms with E-state index in [1.54, 1.807) is 0 Å². The molecule has 1 aliphatic heterocycles. The summed E-state index contributed by atoms with van der Waals surface area (Å²) in [5, 5.41) is 7.18. The van der Waals surface area contributed by atoms with Gasteiger partial charge in [0, 0.05) is 23.9 Å². The van der Waals surface area contributed by atoms with Gasteiger partial charge in [0.1, 0.15) is 5.82 Å². The van der Waals surface area contributed by atoms with Gasteiger partial charge in [-0.15, -0.1) is 0 Å². The lowest BCUT2D eigenvalue weighted by atomic mass is 9.89. The summed E-state index contributed by atoms with van der Waals surface area (Å²) in [6.45, 7) is -0.438. The Morgan fingerprint density at radius 2 is 1.85 bits per heavy atom. The third-order valence-electron chi connectivity index (χ3n) is 4.00. The van der Waals surface area contributed by atoms with E-state index in [9.17, 15) is 27.6 Å². The van der Waals surface area contributed by atoms with Crippen molar-refractivity contribution in [1.29, 1.82) is 0 Å². The van der Waals surface area contributed by atoms with Gasteiger partial charge in [-0.05, 0) is 29.8 Å². The van der Waals surface area contributed by atoms with E-state index < -0.39 is 47.6 Å². The van der Waals surface area contributed by atoms with Crippen molar-refractivity contribution in [3.63, 3.8) is 0 Å². The average Bonchev–Trinajstić information content (AvgIpc) is 2.61. The standard InChI is InChI=1S/C18H14F3N3O3/c19-9-1-3-11-12(7-16(25)24-15(11)5-9)18(27)22-8-17(26)23-10-2-4-13(20)14(21)6-10/h1-6,12H,7-8H2,(H,22,27)(H,23,26)(H,24,25)/t12-/m1/s1. The third-order valence-corrected chi connectivity index (χ3v) is 4.00. The summed E-state index contributed by atoms with van der Waals surface area (Å²) >= 11 is 0. The molecule has 0 unspecified atom stereocenters. The van der Waals surface area contributed by atoms with Crippen molar-refractivity contribution in [2.75, 3.05) is 17.2 Å². The number of rotatable bonds is 4. The quantitative estimate of drug-likeness (QED) is 0.764. The van der Waals surface area contributed by atoms with Gasteiger partial charge in [-0.25, -0.2) is 13.2 Å². The first-order chi connectivity index (χ1) is 12.8. The fraction of sp³-hybridized carbons (Fsp3) is 0.167. The maximum absolute atomic E-state index is 13.3. The molecule has 0 bridgehead atoms. The van der Waals surface area contributed by atoms with E-state index in [2.05, 4.69) is 16.0 Å². The van der Waals surface area contributed by atoms with Crippen LogP contribution in [0.1, 0.15) is 17.9 Å². The number of hydrogen-bond donors (Lipinski definition) is 3. The monoisotopic (exact) mass is 377 g/mol. The topological polar surface area (TPSA) is 87.3 Å². The third kappa shape index (κ3) is 4.25. The molecule has 140 valence electrons. The predicted octanol–water partition coefficient (Wildman–Crippen LogP) is 2.28. The van der Waals surface area contributed by atoms with Crippen LogP contribution in [0.3, 0.4) is 0 Å². The first-order valence-corrected chi connectivity index (χ1v) is 7.95. The highest BCUT2D eigenvalue weighted by Gasteiger charge is 2.31. The van der Waals surface area contributed by atoms with E-state index >= 15 is 0 Å². The molecule has 9 heteroatoms. The summed E-state index contributed by atoms with van der Waals surface area (Å²) in [7, 11) is 0. The zero-order valence-corrected chi connectivity index (χ0v) is 13.8. The normalized spacial score (nSPS) is 15.5. The van der Waals surface area contributed by atoms with E-state index in [1.165, 1.54) is 18.2 Å². The molecule has 0 saturated carbocycles. The highest BCUT2D eigenvalue weighted by Crippen LogP contribution is 2.32. The van der Waals surface area contributed by atoms with E-state index in [-0.39, 0.29) is 17.8 Å². The highest BCUT2D eigenvalue weighted by molar-refractivity contribution is 6.02. The minimum Gasteiger partial charge on any atom is -0.346 e. The van der Waals surface area contributed by atoms with Gasteiger partial charge in [-0.3, -0.25) is 14.4 Å². The number of nitrogens with one attached hydrogen (secondary N) is 3. The molecule has 27 heavy (non-hydrogen) atoms. The van der Waals surface area contributed by atoms with Crippen molar-refractivity contribution in [2.24, 2.45) is 0 Å². The lowest BCUT2D eigenvalue weighted by Gasteiger charge is -2.24. The van der Waals surface area contributed by atoms with E-state index in [1.807, 2.05) is 0 Å². The first kappa shape index (κ1) is 18.4. The fourth-order valence-electron chi connectivity index (χ4n) is 2.74. The maximum Gasteiger partial charge on any atom is 0.243 e. The van der Waals surface area contributed by atoms with Crippen LogP contribution in [0, 0.1) is 17.5 Å². The number of carbonyl (C=O) groups excluding carboxylic acids is 3. The number of benzene rings is 2. The zero-order chi connectivity index (χ0) is 19.6. The minimum absolute atomic E-state index is 0.0333. The SMILES string of the molecule is O=C(CNC(=O)[C@@H]1CC(=O)Nc2cc(F)ccc21)Nc1ccc(F)c(F)c1. The van der Waals surface area contributed by atoms with Crippen LogP contribution in [0.4, 0.5) is 24.5 Å². The molecule has 0 saturated heterocycles. The summed E-state index contributed by atoms with van der Waals surface area (Å²) in [5.41, 5.74) is 0.679. The Hall–Kier alpha value is -3.36. The molecule has 2 aromatic carbocycles. The van der Waals surface area contributed by atoms with Crippen LogP contribution < -0.4 is 16.0 Å². The van der Waals surface area contributed by atoms with Gasteiger partial charge < -0.3 is 16.0 Å². The number of amides is 3. The Bertz CT molecular complexity index is 933. The van der Waals surface area contributed by atoms with Crippen LogP contribution in [0.25, 0.3) is 0 Å². The van der Waals surface area contributed by atoms with Crippen molar-refractivity contribution in [1.82, 2.24) is 5.32 Å². The number of fused-ring (bicyclic) bond motifs is 1. The van der Waals surface area contributed by atoms with Gasteiger partial charge in [0.05, 0.1) is 12.5 Å². The lowest BCUT2D eigenvalue weighted by Crippen LogP contribution is -2.39. The first-order valence-electron chi connectivity index (χ1n) is 7.95.